The van der Waals surface area contributed by atoms with E-state index in [0.717, 1.165) is 25.7 Å². The number of ether oxygens (including phenoxy) is 3. The van der Waals surface area contributed by atoms with Crippen LogP contribution in [-0.4, -0.2) is 47.9 Å². The van der Waals surface area contributed by atoms with Crippen LogP contribution in [0.2, 0.25) is 0 Å². The number of hydrogen-bond donors (Lipinski definition) is 1. The molecular formula is C18H21NO6. The van der Waals surface area contributed by atoms with Crippen LogP contribution in [0, 0.1) is 11.8 Å². The van der Waals surface area contributed by atoms with Gasteiger partial charge in [-0.1, -0.05) is 12.8 Å². The lowest BCUT2D eigenvalue weighted by Crippen LogP contribution is -2.40. The van der Waals surface area contributed by atoms with Gasteiger partial charge < -0.3 is 19.3 Å². The highest BCUT2D eigenvalue weighted by atomic mass is 16.7. The van der Waals surface area contributed by atoms with E-state index in [2.05, 4.69) is 0 Å². The van der Waals surface area contributed by atoms with Crippen LogP contribution in [0.25, 0.3) is 0 Å². The summed E-state index contributed by atoms with van der Waals surface area (Å²) in [5, 5.41) is 10.2. The Morgan fingerprint density at radius 1 is 1.12 bits per heavy atom. The number of imide groups is 1. The number of carbonyl (C=O) groups is 2. The van der Waals surface area contributed by atoms with E-state index < -0.39 is 6.10 Å². The number of amides is 2. The molecule has 2 fully saturated rings. The summed E-state index contributed by atoms with van der Waals surface area (Å²) >= 11 is 0. The van der Waals surface area contributed by atoms with E-state index in [9.17, 15) is 14.7 Å². The predicted octanol–water partition coefficient (Wildman–Crippen LogP) is 1.33. The average Bonchev–Trinajstić information content (AvgIpc) is 3.19. The lowest BCUT2D eigenvalue weighted by atomic mass is 9.81. The first-order valence-corrected chi connectivity index (χ1v) is 8.69. The Morgan fingerprint density at radius 3 is 2.52 bits per heavy atom. The maximum Gasteiger partial charge on any atom is 0.233 e. The van der Waals surface area contributed by atoms with Crippen LogP contribution >= 0.6 is 0 Å². The average molecular weight is 347 g/mol. The van der Waals surface area contributed by atoms with E-state index in [1.165, 1.54) is 4.90 Å². The largest absolute Gasteiger partial charge is 0.491 e. The first-order valence-electron chi connectivity index (χ1n) is 8.69. The van der Waals surface area contributed by atoms with Crippen molar-refractivity contribution >= 4 is 11.8 Å². The Bertz CT molecular complexity index is 666. The second-order valence-corrected chi connectivity index (χ2v) is 6.76. The van der Waals surface area contributed by atoms with E-state index in [4.69, 9.17) is 14.2 Å². The zero-order chi connectivity index (χ0) is 17.4. The topological polar surface area (TPSA) is 85.3 Å². The van der Waals surface area contributed by atoms with Crippen molar-refractivity contribution in [3.63, 3.8) is 0 Å². The second-order valence-electron chi connectivity index (χ2n) is 6.76. The van der Waals surface area contributed by atoms with Crippen LogP contribution in [0.15, 0.2) is 18.2 Å². The molecule has 0 bridgehead atoms. The molecule has 1 aromatic rings. The number of hydrogen-bond acceptors (Lipinski definition) is 6. The summed E-state index contributed by atoms with van der Waals surface area (Å²) in [6.45, 7) is 0.157. The Kier molecular flexibility index (Phi) is 4.25. The number of β-amino-alcohol motifs (C(OH)–C–C–N with tert-alkyl or cyclic N) is 1. The smallest absolute Gasteiger partial charge is 0.233 e. The van der Waals surface area contributed by atoms with E-state index >= 15 is 0 Å². The minimum atomic E-state index is -0.932. The van der Waals surface area contributed by atoms with Crippen LogP contribution in [0.3, 0.4) is 0 Å². The van der Waals surface area contributed by atoms with Crippen molar-refractivity contribution in [2.75, 3.05) is 19.9 Å². The van der Waals surface area contributed by atoms with E-state index in [-0.39, 0.29) is 43.6 Å². The maximum atomic E-state index is 12.4. The number of aliphatic hydroxyl groups is 1. The quantitative estimate of drug-likeness (QED) is 0.809. The van der Waals surface area contributed by atoms with Gasteiger partial charge >= 0.3 is 0 Å². The molecule has 2 heterocycles. The standard InChI is InChI=1S/C18H21NO6/c20-11(9-23-12-5-6-15-16(7-12)25-10-24-15)8-19-17(21)13-3-1-2-4-14(13)18(19)22/h5-7,11,13-14,20H,1-4,8-10H2/t11-,13+,14+/m0/s1. The lowest BCUT2D eigenvalue weighted by molar-refractivity contribution is -0.141. The Balaban J connectivity index is 1.33. The number of rotatable bonds is 5. The zero-order valence-electron chi connectivity index (χ0n) is 13.8. The minimum absolute atomic E-state index is 0.00790. The summed E-state index contributed by atoms with van der Waals surface area (Å²) < 4.78 is 16.1. The predicted molar refractivity (Wildman–Crippen MR) is 86.2 cm³/mol. The zero-order valence-corrected chi connectivity index (χ0v) is 13.8. The summed E-state index contributed by atoms with van der Waals surface area (Å²) in [4.78, 5) is 26.0. The molecule has 0 aromatic heterocycles. The molecule has 1 N–H and O–H groups in total. The summed E-state index contributed by atoms with van der Waals surface area (Å²) in [5.41, 5.74) is 0. The minimum Gasteiger partial charge on any atom is -0.491 e. The monoisotopic (exact) mass is 347 g/mol. The molecule has 4 rings (SSSR count). The van der Waals surface area contributed by atoms with Crippen molar-refractivity contribution in [3.8, 4) is 17.2 Å². The van der Waals surface area contributed by atoms with Crippen LogP contribution in [0.1, 0.15) is 25.7 Å². The van der Waals surface area contributed by atoms with Gasteiger partial charge in [-0.3, -0.25) is 14.5 Å². The molecule has 3 atom stereocenters. The third-order valence-electron chi connectivity index (χ3n) is 5.11. The van der Waals surface area contributed by atoms with Gasteiger partial charge in [0.15, 0.2) is 11.5 Å². The van der Waals surface area contributed by atoms with Gasteiger partial charge in [0.1, 0.15) is 18.5 Å². The third-order valence-corrected chi connectivity index (χ3v) is 5.11. The summed E-state index contributed by atoms with van der Waals surface area (Å²) in [7, 11) is 0. The molecule has 0 radical (unpaired) electrons. The first-order chi connectivity index (χ1) is 12.1. The van der Waals surface area contributed by atoms with Gasteiger partial charge in [-0.2, -0.15) is 0 Å². The van der Waals surface area contributed by atoms with Crippen LogP contribution in [0.4, 0.5) is 0 Å². The van der Waals surface area contributed by atoms with Gasteiger partial charge in [0.05, 0.1) is 18.4 Å². The van der Waals surface area contributed by atoms with Crippen LogP contribution in [-0.2, 0) is 9.59 Å². The van der Waals surface area contributed by atoms with Crippen molar-refractivity contribution < 1.29 is 28.9 Å². The van der Waals surface area contributed by atoms with Crippen molar-refractivity contribution in [1.29, 1.82) is 0 Å². The Hall–Kier alpha value is -2.28. The van der Waals surface area contributed by atoms with Crippen molar-refractivity contribution in [1.82, 2.24) is 4.90 Å². The molecule has 0 unspecified atom stereocenters. The molecule has 1 saturated carbocycles. The van der Waals surface area contributed by atoms with Gasteiger partial charge in [0, 0.05) is 6.07 Å². The molecule has 0 spiro atoms. The van der Waals surface area contributed by atoms with Crippen molar-refractivity contribution in [2.45, 2.75) is 31.8 Å². The highest BCUT2D eigenvalue weighted by Crippen LogP contribution is 2.38. The van der Waals surface area contributed by atoms with Crippen LogP contribution < -0.4 is 14.2 Å². The Morgan fingerprint density at radius 2 is 1.80 bits per heavy atom. The molecule has 3 aliphatic rings. The third kappa shape index (κ3) is 3.04. The van der Waals surface area contributed by atoms with Crippen molar-refractivity contribution in [3.05, 3.63) is 18.2 Å². The molecule has 25 heavy (non-hydrogen) atoms. The highest BCUT2D eigenvalue weighted by molar-refractivity contribution is 6.05. The molecule has 1 aromatic carbocycles. The lowest BCUT2D eigenvalue weighted by Gasteiger charge is -2.19. The fraction of sp³-hybridized carbons (Fsp3) is 0.556. The number of benzene rings is 1. The normalized spacial score (nSPS) is 25.9. The highest BCUT2D eigenvalue weighted by Gasteiger charge is 2.48. The maximum absolute atomic E-state index is 12.4. The number of likely N-dealkylation sites (tertiary alicyclic amines) is 1. The molecule has 2 aliphatic heterocycles. The number of fused-ring (bicyclic) bond motifs is 2. The molecule has 134 valence electrons. The molecule has 2 amide bonds. The first kappa shape index (κ1) is 16.2. The van der Waals surface area contributed by atoms with E-state index in [1.54, 1.807) is 18.2 Å². The molecular weight excluding hydrogens is 326 g/mol. The molecule has 1 aliphatic carbocycles. The molecule has 1 saturated heterocycles. The molecule has 7 nitrogen and oxygen atoms in total. The Labute approximate surface area is 145 Å². The van der Waals surface area contributed by atoms with E-state index in [0.29, 0.717) is 17.2 Å². The van der Waals surface area contributed by atoms with Gasteiger partial charge in [-0.25, -0.2) is 0 Å². The number of carbonyl (C=O) groups excluding carboxylic acids is 2. The summed E-state index contributed by atoms with van der Waals surface area (Å²) in [6, 6.07) is 5.15. The number of aliphatic hydroxyl groups excluding tert-OH is 1. The molecule has 7 heteroatoms. The summed E-state index contributed by atoms with van der Waals surface area (Å²) in [5.74, 6) is 1.13. The van der Waals surface area contributed by atoms with Crippen LogP contribution in [0.5, 0.6) is 17.2 Å². The SMILES string of the molecule is O=C1[C@@H]2CCCC[C@H]2C(=O)N1C[C@H](O)COc1ccc2c(c1)OCO2. The second kappa shape index (κ2) is 6.55. The fourth-order valence-corrected chi connectivity index (χ4v) is 3.83. The van der Waals surface area contributed by atoms with Gasteiger partial charge in [0.25, 0.3) is 0 Å². The van der Waals surface area contributed by atoms with E-state index in [1.807, 2.05) is 0 Å². The van der Waals surface area contributed by atoms with Gasteiger partial charge in [-0.05, 0) is 25.0 Å². The summed E-state index contributed by atoms with van der Waals surface area (Å²) in [6.07, 6.45) is 2.59. The van der Waals surface area contributed by atoms with Gasteiger partial charge in [-0.15, -0.1) is 0 Å². The fourth-order valence-electron chi connectivity index (χ4n) is 3.83. The van der Waals surface area contributed by atoms with Gasteiger partial charge in [0.2, 0.25) is 18.6 Å². The number of nitrogens with zero attached hydrogens (tertiary/aromatic N) is 1. The van der Waals surface area contributed by atoms with Crippen molar-refractivity contribution in [2.24, 2.45) is 11.8 Å².